The molecule has 1 aromatic heterocycles. The molecule has 20 heavy (non-hydrogen) atoms. The summed E-state index contributed by atoms with van der Waals surface area (Å²) < 4.78 is 0. The van der Waals surface area contributed by atoms with Crippen molar-refractivity contribution in [3.63, 3.8) is 0 Å². The molecule has 0 bridgehead atoms. The average molecular weight is 269 g/mol. The molecule has 4 heteroatoms. The van der Waals surface area contributed by atoms with Gasteiger partial charge in [0.15, 0.2) is 0 Å². The lowest BCUT2D eigenvalue weighted by molar-refractivity contribution is 0.0719. The quantitative estimate of drug-likeness (QED) is 0.911. The van der Waals surface area contributed by atoms with Gasteiger partial charge in [-0.1, -0.05) is 18.2 Å². The Bertz CT molecular complexity index is 633. The fourth-order valence-corrected chi connectivity index (χ4v) is 2.75. The Hall–Kier alpha value is -2.10. The summed E-state index contributed by atoms with van der Waals surface area (Å²) in [4.78, 5) is 19.0. The number of anilines is 1. The number of carbonyl (C=O) groups is 1. The van der Waals surface area contributed by atoms with Gasteiger partial charge in [0.2, 0.25) is 0 Å². The number of nitrogens with one attached hydrogen (secondary N) is 1. The molecular weight excluding hydrogens is 250 g/mol. The molecule has 104 valence electrons. The van der Waals surface area contributed by atoms with E-state index in [0.29, 0.717) is 5.69 Å². The Morgan fingerprint density at radius 1 is 1.20 bits per heavy atom. The van der Waals surface area contributed by atoms with Crippen molar-refractivity contribution >= 4 is 22.5 Å². The number of amides is 1. The largest absolute Gasteiger partial charge is 0.388 e. The van der Waals surface area contributed by atoms with Crippen LogP contribution in [0.15, 0.2) is 30.3 Å². The number of hydrogen-bond acceptors (Lipinski definition) is 3. The molecule has 1 saturated heterocycles. The van der Waals surface area contributed by atoms with Gasteiger partial charge in [-0.2, -0.15) is 0 Å². The molecule has 1 amide bonds. The summed E-state index contributed by atoms with van der Waals surface area (Å²) in [5, 5.41) is 4.20. The van der Waals surface area contributed by atoms with E-state index in [0.717, 1.165) is 42.5 Å². The number of likely N-dealkylation sites (tertiary alicyclic amines) is 1. The second kappa shape index (κ2) is 5.49. The first-order valence-electron chi connectivity index (χ1n) is 7.16. The van der Waals surface area contributed by atoms with Crippen molar-refractivity contribution in [1.82, 2.24) is 9.88 Å². The minimum atomic E-state index is 0.0481. The fraction of sp³-hybridized carbons (Fsp3) is 0.375. The standard InChI is InChI=1S/C16H19N3O/c1-17-14-11-15(16(20)19-9-5-2-6-10-19)18-13-8-4-3-7-12(13)14/h3-4,7-8,11H,2,5-6,9-10H2,1H3,(H,17,18). The van der Waals surface area contributed by atoms with Crippen molar-refractivity contribution in [2.45, 2.75) is 19.3 Å². The van der Waals surface area contributed by atoms with Gasteiger partial charge in [-0.15, -0.1) is 0 Å². The van der Waals surface area contributed by atoms with E-state index in [1.165, 1.54) is 6.42 Å². The lowest BCUT2D eigenvalue weighted by atomic mass is 10.1. The van der Waals surface area contributed by atoms with Gasteiger partial charge in [0, 0.05) is 31.2 Å². The predicted octanol–water partition coefficient (Wildman–Crippen LogP) is 2.90. The van der Waals surface area contributed by atoms with E-state index in [1.807, 2.05) is 42.3 Å². The Morgan fingerprint density at radius 3 is 2.70 bits per heavy atom. The zero-order valence-electron chi connectivity index (χ0n) is 11.7. The van der Waals surface area contributed by atoms with Crippen LogP contribution < -0.4 is 5.32 Å². The van der Waals surface area contributed by atoms with Crippen LogP contribution in [0.1, 0.15) is 29.8 Å². The third-order valence-corrected chi connectivity index (χ3v) is 3.85. The first kappa shape index (κ1) is 12.9. The predicted molar refractivity (Wildman–Crippen MR) is 81.0 cm³/mol. The van der Waals surface area contributed by atoms with Crippen molar-refractivity contribution < 1.29 is 4.79 Å². The number of nitrogens with zero attached hydrogens (tertiary/aromatic N) is 2. The number of rotatable bonds is 2. The third kappa shape index (κ3) is 2.33. The molecule has 1 aromatic carbocycles. The van der Waals surface area contributed by atoms with Crippen molar-refractivity contribution in [1.29, 1.82) is 0 Å². The van der Waals surface area contributed by atoms with E-state index in [1.54, 1.807) is 0 Å². The first-order chi connectivity index (χ1) is 9.79. The van der Waals surface area contributed by atoms with Crippen molar-refractivity contribution in [3.05, 3.63) is 36.0 Å². The minimum absolute atomic E-state index is 0.0481. The van der Waals surface area contributed by atoms with Gasteiger partial charge >= 0.3 is 0 Å². The molecule has 0 spiro atoms. The number of para-hydroxylation sites is 1. The molecule has 1 fully saturated rings. The Morgan fingerprint density at radius 2 is 1.95 bits per heavy atom. The van der Waals surface area contributed by atoms with Gasteiger partial charge in [0.1, 0.15) is 5.69 Å². The van der Waals surface area contributed by atoms with Gasteiger partial charge in [-0.3, -0.25) is 4.79 Å². The molecule has 2 heterocycles. The van der Waals surface area contributed by atoms with Crippen LogP contribution in [0.25, 0.3) is 10.9 Å². The lowest BCUT2D eigenvalue weighted by Crippen LogP contribution is -2.36. The minimum Gasteiger partial charge on any atom is -0.388 e. The van der Waals surface area contributed by atoms with Gasteiger partial charge < -0.3 is 10.2 Å². The highest BCUT2D eigenvalue weighted by atomic mass is 16.2. The van der Waals surface area contributed by atoms with Crippen LogP contribution in [0.4, 0.5) is 5.69 Å². The van der Waals surface area contributed by atoms with Gasteiger partial charge in [-0.05, 0) is 31.4 Å². The van der Waals surface area contributed by atoms with Gasteiger partial charge in [-0.25, -0.2) is 4.98 Å². The van der Waals surface area contributed by atoms with E-state index in [2.05, 4.69) is 10.3 Å². The molecule has 0 unspecified atom stereocenters. The fourth-order valence-electron chi connectivity index (χ4n) is 2.75. The molecule has 0 aliphatic carbocycles. The smallest absolute Gasteiger partial charge is 0.272 e. The molecular formula is C16H19N3O. The van der Waals surface area contributed by atoms with E-state index in [9.17, 15) is 4.79 Å². The maximum Gasteiger partial charge on any atom is 0.272 e. The maximum absolute atomic E-state index is 12.5. The summed E-state index contributed by atoms with van der Waals surface area (Å²) in [7, 11) is 1.87. The highest BCUT2D eigenvalue weighted by Gasteiger charge is 2.20. The lowest BCUT2D eigenvalue weighted by Gasteiger charge is -2.26. The van der Waals surface area contributed by atoms with Crippen LogP contribution in [0.3, 0.4) is 0 Å². The van der Waals surface area contributed by atoms with Crippen LogP contribution in [-0.4, -0.2) is 35.9 Å². The highest BCUT2D eigenvalue weighted by molar-refractivity contribution is 5.99. The Balaban J connectivity index is 2.00. The number of benzene rings is 1. The van der Waals surface area contributed by atoms with Crippen molar-refractivity contribution in [3.8, 4) is 0 Å². The van der Waals surface area contributed by atoms with Crippen molar-refractivity contribution in [2.24, 2.45) is 0 Å². The number of carbonyl (C=O) groups excluding carboxylic acids is 1. The molecule has 0 saturated carbocycles. The number of fused-ring (bicyclic) bond motifs is 1. The SMILES string of the molecule is CNc1cc(C(=O)N2CCCCC2)nc2ccccc12. The monoisotopic (exact) mass is 269 g/mol. The van der Waals surface area contributed by atoms with Gasteiger partial charge in [0.05, 0.1) is 5.52 Å². The second-order valence-corrected chi connectivity index (χ2v) is 5.18. The van der Waals surface area contributed by atoms with Gasteiger partial charge in [0.25, 0.3) is 5.91 Å². The van der Waals surface area contributed by atoms with E-state index in [-0.39, 0.29) is 5.91 Å². The Labute approximate surface area is 118 Å². The van der Waals surface area contributed by atoms with Crippen LogP contribution in [0.5, 0.6) is 0 Å². The van der Waals surface area contributed by atoms with E-state index < -0.39 is 0 Å². The molecule has 3 rings (SSSR count). The molecule has 1 aliphatic rings. The van der Waals surface area contributed by atoms with Crippen molar-refractivity contribution in [2.75, 3.05) is 25.5 Å². The third-order valence-electron chi connectivity index (χ3n) is 3.85. The number of hydrogen-bond donors (Lipinski definition) is 1. The van der Waals surface area contributed by atoms with Crippen LogP contribution >= 0.6 is 0 Å². The topological polar surface area (TPSA) is 45.2 Å². The van der Waals surface area contributed by atoms with Crippen LogP contribution in [0, 0.1) is 0 Å². The number of pyridine rings is 1. The molecule has 2 aromatic rings. The van der Waals surface area contributed by atoms with Crippen LogP contribution in [0.2, 0.25) is 0 Å². The molecule has 1 aliphatic heterocycles. The first-order valence-corrected chi connectivity index (χ1v) is 7.16. The van der Waals surface area contributed by atoms with Crippen LogP contribution in [-0.2, 0) is 0 Å². The second-order valence-electron chi connectivity index (χ2n) is 5.18. The molecule has 1 N–H and O–H groups in total. The van der Waals surface area contributed by atoms with E-state index in [4.69, 9.17) is 0 Å². The summed E-state index contributed by atoms with van der Waals surface area (Å²) in [6, 6.07) is 9.76. The average Bonchev–Trinajstić information content (AvgIpc) is 2.54. The Kier molecular flexibility index (Phi) is 3.54. The zero-order valence-corrected chi connectivity index (χ0v) is 11.7. The maximum atomic E-state index is 12.5. The summed E-state index contributed by atoms with van der Waals surface area (Å²) in [5.41, 5.74) is 2.35. The summed E-state index contributed by atoms with van der Waals surface area (Å²) in [5.74, 6) is 0.0481. The number of piperidine rings is 1. The zero-order chi connectivity index (χ0) is 13.9. The van der Waals surface area contributed by atoms with E-state index >= 15 is 0 Å². The summed E-state index contributed by atoms with van der Waals surface area (Å²) >= 11 is 0. The summed E-state index contributed by atoms with van der Waals surface area (Å²) in [6.45, 7) is 1.70. The summed E-state index contributed by atoms with van der Waals surface area (Å²) in [6.07, 6.45) is 3.41. The molecule has 0 radical (unpaired) electrons. The highest BCUT2D eigenvalue weighted by Crippen LogP contribution is 2.23. The molecule has 4 nitrogen and oxygen atoms in total. The normalized spacial score (nSPS) is 15.3. The number of aromatic nitrogens is 1. The molecule has 0 atom stereocenters.